The van der Waals surface area contributed by atoms with Crippen LogP contribution in [-0.4, -0.2) is 41.6 Å². The van der Waals surface area contributed by atoms with E-state index in [0.29, 0.717) is 17.5 Å². The third-order valence-corrected chi connectivity index (χ3v) is 4.78. The highest BCUT2D eigenvalue weighted by Crippen LogP contribution is 2.22. The Balaban J connectivity index is 1.41. The maximum absolute atomic E-state index is 12.3. The minimum absolute atomic E-state index is 0.117. The number of nitrogens with zero attached hydrogens (tertiary/aromatic N) is 1. The molecule has 7 nitrogen and oxygen atoms in total. The van der Waals surface area contributed by atoms with Gasteiger partial charge in [0.1, 0.15) is 0 Å². The molecule has 0 fully saturated rings. The predicted octanol–water partition coefficient (Wildman–Crippen LogP) is 2.38. The van der Waals surface area contributed by atoms with Crippen molar-refractivity contribution in [2.45, 2.75) is 26.2 Å². The first-order valence-corrected chi connectivity index (χ1v) is 9.61. The summed E-state index contributed by atoms with van der Waals surface area (Å²) in [5, 5.41) is 5.35. The summed E-state index contributed by atoms with van der Waals surface area (Å²) in [5.74, 6) is -1.28. The molecule has 1 aliphatic rings. The van der Waals surface area contributed by atoms with Crippen molar-refractivity contribution in [2.24, 2.45) is 0 Å². The van der Waals surface area contributed by atoms with Gasteiger partial charge < -0.3 is 10.6 Å². The highest BCUT2D eigenvalue weighted by molar-refractivity contribution is 6.21. The first kappa shape index (κ1) is 20.3. The number of carbonyl (C=O) groups excluding carboxylic acids is 4. The highest BCUT2D eigenvalue weighted by atomic mass is 16.2. The minimum Gasteiger partial charge on any atom is -0.347 e. The van der Waals surface area contributed by atoms with Crippen LogP contribution in [0.2, 0.25) is 0 Å². The molecule has 0 aliphatic carbocycles. The Morgan fingerprint density at radius 1 is 0.897 bits per heavy atom. The average molecular weight is 393 g/mol. The van der Waals surface area contributed by atoms with Crippen LogP contribution in [0.5, 0.6) is 0 Å². The molecule has 1 aliphatic heterocycles. The lowest BCUT2D eigenvalue weighted by Crippen LogP contribution is -2.34. The summed E-state index contributed by atoms with van der Waals surface area (Å²) >= 11 is 0. The largest absolute Gasteiger partial charge is 0.347 e. The van der Waals surface area contributed by atoms with Crippen LogP contribution in [0.15, 0.2) is 48.5 Å². The van der Waals surface area contributed by atoms with Gasteiger partial charge in [0.2, 0.25) is 11.8 Å². The summed E-state index contributed by atoms with van der Waals surface area (Å²) in [6, 6.07) is 14.2. The molecular formula is C22H23N3O4. The van der Waals surface area contributed by atoms with E-state index < -0.39 is 0 Å². The summed E-state index contributed by atoms with van der Waals surface area (Å²) in [6.07, 6.45) is 1.24. The Labute approximate surface area is 169 Å². The van der Waals surface area contributed by atoms with E-state index in [9.17, 15) is 19.2 Å². The van der Waals surface area contributed by atoms with Gasteiger partial charge in [-0.25, -0.2) is 0 Å². The van der Waals surface area contributed by atoms with Gasteiger partial charge in [0.25, 0.3) is 11.8 Å². The van der Waals surface area contributed by atoms with Crippen molar-refractivity contribution in [2.75, 3.05) is 18.4 Å². The van der Waals surface area contributed by atoms with Crippen molar-refractivity contribution in [3.8, 4) is 0 Å². The van der Waals surface area contributed by atoms with Gasteiger partial charge in [-0.1, -0.05) is 37.3 Å². The van der Waals surface area contributed by atoms with Gasteiger partial charge in [0.15, 0.2) is 0 Å². The number of hydrogen-bond donors (Lipinski definition) is 2. The zero-order valence-corrected chi connectivity index (χ0v) is 16.2. The average Bonchev–Trinajstić information content (AvgIpc) is 2.98. The van der Waals surface area contributed by atoms with Gasteiger partial charge in [-0.2, -0.15) is 0 Å². The molecule has 0 saturated carbocycles. The second kappa shape index (κ2) is 9.14. The van der Waals surface area contributed by atoms with Gasteiger partial charge >= 0.3 is 0 Å². The lowest BCUT2D eigenvalue weighted by atomic mass is 10.1. The fourth-order valence-corrected chi connectivity index (χ4v) is 3.25. The zero-order chi connectivity index (χ0) is 20.8. The number of rotatable bonds is 8. The maximum atomic E-state index is 12.3. The number of imide groups is 1. The highest BCUT2D eigenvalue weighted by Gasteiger charge is 2.34. The van der Waals surface area contributed by atoms with Crippen LogP contribution < -0.4 is 10.6 Å². The number of fused-ring (bicyclic) bond motifs is 1. The standard InChI is InChI=1S/C22H23N3O4/c1-2-15-8-3-6-11-18(15)24-20(27)14-23-19(26)12-7-13-25-21(28)16-9-4-5-10-17(16)22(25)29/h3-6,8-11H,2,7,12-14H2,1H3,(H,23,26)(H,24,27). The number of amides is 4. The van der Waals surface area contributed by atoms with Gasteiger partial charge in [0.05, 0.1) is 17.7 Å². The smallest absolute Gasteiger partial charge is 0.261 e. The van der Waals surface area contributed by atoms with Gasteiger partial charge in [0, 0.05) is 18.7 Å². The van der Waals surface area contributed by atoms with Gasteiger partial charge in [-0.3, -0.25) is 24.1 Å². The van der Waals surface area contributed by atoms with Crippen LogP contribution in [-0.2, 0) is 16.0 Å². The number of aryl methyl sites for hydroxylation is 1. The Morgan fingerprint density at radius 2 is 1.52 bits per heavy atom. The summed E-state index contributed by atoms with van der Waals surface area (Å²) < 4.78 is 0. The van der Waals surface area contributed by atoms with E-state index in [1.807, 2.05) is 31.2 Å². The Morgan fingerprint density at radius 3 is 2.17 bits per heavy atom. The lowest BCUT2D eigenvalue weighted by Gasteiger charge is -2.13. The monoisotopic (exact) mass is 393 g/mol. The van der Waals surface area contributed by atoms with Crippen molar-refractivity contribution < 1.29 is 19.2 Å². The molecule has 0 radical (unpaired) electrons. The van der Waals surface area contributed by atoms with Crippen molar-refractivity contribution in [1.82, 2.24) is 10.2 Å². The van der Waals surface area contributed by atoms with Gasteiger partial charge in [-0.15, -0.1) is 0 Å². The Kier molecular flexibility index (Phi) is 6.39. The summed E-state index contributed by atoms with van der Waals surface area (Å²) in [7, 11) is 0. The number of benzene rings is 2. The molecule has 2 N–H and O–H groups in total. The fourth-order valence-electron chi connectivity index (χ4n) is 3.25. The van der Waals surface area contributed by atoms with Gasteiger partial charge in [-0.05, 0) is 36.6 Å². The summed E-state index contributed by atoms with van der Waals surface area (Å²) in [4.78, 5) is 49.8. The first-order valence-electron chi connectivity index (χ1n) is 9.61. The normalized spacial score (nSPS) is 12.7. The van der Waals surface area contributed by atoms with E-state index in [1.165, 1.54) is 0 Å². The SMILES string of the molecule is CCc1ccccc1NC(=O)CNC(=O)CCCN1C(=O)c2ccccc2C1=O. The second-order valence-electron chi connectivity index (χ2n) is 6.75. The molecule has 0 bridgehead atoms. The molecule has 2 aromatic rings. The molecule has 2 aromatic carbocycles. The van der Waals surface area contributed by atoms with E-state index in [2.05, 4.69) is 10.6 Å². The van der Waals surface area contributed by atoms with Crippen LogP contribution in [0.25, 0.3) is 0 Å². The van der Waals surface area contributed by atoms with Crippen LogP contribution in [0, 0.1) is 0 Å². The molecule has 29 heavy (non-hydrogen) atoms. The topological polar surface area (TPSA) is 95.6 Å². The number of carbonyl (C=O) groups is 4. The van der Waals surface area contributed by atoms with Crippen LogP contribution in [0.4, 0.5) is 5.69 Å². The van der Waals surface area contributed by atoms with Crippen LogP contribution in [0.3, 0.4) is 0 Å². The minimum atomic E-state index is -0.333. The van der Waals surface area contributed by atoms with Crippen LogP contribution >= 0.6 is 0 Å². The fraction of sp³-hybridized carbons (Fsp3) is 0.273. The summed E-state index contributed by atoms with van der Waals surface area (Å²) in [5.41, 5.74) is 2.55. The molecule has 0 aromatic heterocycles. The molecule has 4 amide bonds. The van der Waals surface area contributed by atoms with E-state index in [0.717, 1.165) is 22.6 Å². The maximum Gasteiger partial charge on any atom is 0.261 e. The van der Waals surface area contributed by atoms with Crippen molar-refractivity contribution in [3.05, 3.63) is 65.2 Å². The molecular weight excluding hydrogens is 370 g/mol. The van der Waals surface area contributed by atoms with E-state index in [1.54, 1.807) is 24.3 Å². The van der Waals surface area contributed by atoms with Crippen molar-refractivity contribution in [3.63, 3.8) is 0 Å². The zero-order valence-electron chi connectivity index (χ0n) is 16.2. The van der Waals surface area contributed by atoms with E-state index >= 15 is 0 Å². The molecule has 150 valence electrons. The molecule has 0 spiro atoms. The van der Waals surface area contributed by atoms with E-state index in [4.69, 9.17) is 0 Å². The molecule has 3 rings (SSSR count). The summed E-state index contributed by atoms with van der Waals surface area (Å²) in [6.45, 7) is 2.03. The molecule has 0 atom stereocenters. The lowest BCUT2D eigenvalue weighted by molar-refractivity contribution is -0.124. The van der Waals surface area contributed by atoms with E-state index in [-0.39, 0.29) is 43.1 Å². The second-order valence-corrected chi connectivity index (χ2v) is 6.75. The number of para-hydroxylation sites is 1. The third-order valence-electron chi connectivity index (χ3n) is 4.78. The van der Waals surface area contributed by atoms with Crippen molar-refractivity contribution in [1.29, 1.82) is 0 Å². The molecule has 0 saturated heterocycles. The molecule has 7 heteroatoms. The quantitative estimate of drug-likeness (QED) is 0.673. The number of nitrogens with one attached hydrogen (secondary N) is 2. The number of hydrogen-bond acceptors (Lipinski definition) is 4. The Bertz CT molecular complexity index is 920. The van der Waals surface area contributed by atoms with Crippen LogP contribution in [0.1, 0.15) is 46.0 Å². The van der Waals surface area contributed by atoms with Crippen molar-refractivity contribution >= 4 is 29.3 Å². The molecule has 0 unspecified atom stereocenters. The Hall–Kier alpha value is -3.48. The predicted molar refractivity (Wildman–Crippen MR) is 109 cm³/mol. The molecule has 1 heterocycles. The number of anilines is 1. The third kappa shape index (κ3) is 4.68. The first-order chi connectivity index (χ1) is 14.0.